The Balaban J connectivity index is 2.03. The summed E-state index contributed by atoms with van der Waals surface area (Å²) in [5.74, 6) is 1.56. The van der Waals surface area contributed by atoms with Crippen LogP contribution in [-0.2, 0) is 13.1 Å². The molecule has 1 aromatic heterocycles. The number of hydrogen-bond donors (Lipinski definition) is 1. The van der Waals surface area contributed by atoms with E-state index in [2.05, 4.69) is 20.4 Å². The van der Waals surface area contributed by atoms with E-state index < -0.39 is 0 Å². The second kappa shape index (κ2) is 7.53. The normalized spacial score (nSPS) is 11.5. The summed E-state index contributed by atoms with van der Waals surface area (Å²) >= 11 is 0. The summed E-state index contributed by atoms with van der Waals surface area (Å²) in [4.78, 5) is 10.6. The molecule has 0 bridgehead atoms. The minimum atomic E-state index is -0.237. The number of nitrogens with one attached hydrogen (secondary N) is 1. The van der Waals surface area contributed by atoms with E-state index in [-0.39, 0.29) is 5.82 Å². The maximum atomic E-state index is 12.9. The molecule has 1 heterocycles. The molecule has 0 saturated heterocycles. The standard InChI is InChI=1S/C15H20FN5O/c1-4-17-15(18-9-14-19-11(2)22-20-14)21(3)10-12-5-7-13(16)8-6-12/h5-8H,4,9-10H2,1-3H3,(H,17,18). The average molecular weight is 305 g/mol. The molecule has 0 saturated carbocycles. The van der Waals surface area contributed by atoms with E-state index in [4.69, 9.17) is 4.52 Å². The Morgan fingerprint density at radius 2 is 2.09 bits per heavy atom. The Hall–Kier alpha value is -2.44. The summed E-state index contributed by atoms with van der Waals surface area (Å²) in [7, 11) is 1.92. The highest BCUT2D eigenvalue weighted by atomic mass is 19.1. The maximum absolute atomic E-state index is 12.9. The highest BCUT2D eigenvalue weighted by molar-refractivity contribution is 5.79. The molecular weight excluding hydrogens is 285 g/mol. The van der Waals surface area contributed by atoms with Crippen LogP contribution in [0.3, 0.4) is 0 Å². The van der Waals surface area contributed by atoms with Gasteiger partial charge in [-0.3, -0.25) is 0 Å². The molecule has 0 aliphatic heterocycles. The predicted molar refractivity (Wildman–Crippen MR) is 81.7 cm³/mol. The molecule has 0 aliphatic rings. The van der Waals surface area contributed by atoms with E-state index in [0.717, 1.165) is 18.1 Å². The monoisotopic (exact) mass is 305 g/mol. The summed E-state index contributed by atoms with van der Waals surface area (Å²) < 4.78 is 17.9. The fraction of sp³-hybridized carbons (Fsp3) is 0.400. The van der Waals surface area contributed by atoms with Crippen LogP contribution in [0, 0.1) is 12.7 Å². The third-order valence-electron chi connectivity index (χ3n) is 2.97. The molecule has 1 aromatic carbocycles. The van der Waals surface area contributed by atoms with Crippen molar-refractivity contribution in [2.75, 3.05) is 13.6 Å². The number of halogens is 1. The number of benzene rings is 1. The van der Waals surface area contributed by atoms with E-state index in [1.54, 1.807) is 19.1 Å². The lowest BCUT2D eigenvalue weighted by Crippen LogP contribution is -2.38. The van der Waals surface area contributed by atoms with E-state index in [1.165, 1.54) is 12.1 Å². The van der Waals surface area contributed by atoms with Crippen molar-refractivity contribution in [1.29, 1.82) is 0 Å². The second-order valence-corrected chi connectivity index (χ2v) is 4.88. The van der Waals surface area contributed by atoms with Gasteiger partial charge in [-0.25, -0.2) is 9.38 Å². The lowest BCUT2D eigenvalue weighted by Gasteiger charge is -2.22. The van der Waals surface area contributed by atoms with Crippen molar-refractivity contribution in [1.82, 2.24) is 20.4 Å². The molecular formula is C15H20FN5O. The minimum absolute atomic E-state index is 0.237. The van der Waals surface area contributed by atoms with E-state index >= 15 is 0 Å². The summed E-state index contributed by atoms with van der Waals surface area (Å²) in [6.07, 6.45) is 0. The molecule has 0 radical (unpaired) electrons. The van der Waals surface area contributed by atoms with Crippen LogP contribution < -0.4 is 5.32 Å². The maximum Gasteiger partial charge on any atom is 0.223 e. The molecule has 2 rings (SSSR count). The molecule has 1 N–H and O–H groups in total. The van der Waals surface area contributed by atoms with Crippen molar-refractivity contribution in [3.8, 4) is 0 Å². The summed E-state index contributed by atoms with van der Waals surface area (Å²) in [6, 6.07) is 6.43. The van der Waals surface area contributed by atoms with Crippen LogP contribution >= 0.6 is 0 Å². The van der Waals surface area contributed by atoms with Crippen LogP contribution in [0.4, 0.5) is 4.39 Å². The second-order valence-electron chi connectivity index (χ2n) is 4.88. The van der Waals surface area contributed by atoms with Crippen molar-refractivity contribution in [2.45, 2.75) is 26.9 Å². The Bertz CT molecular complexity index is 623. The van der Waals surface area contributed by atoms with Gasteiger partial charge in [-0.2, -0.15) is 4.98 Å². The number of guanidine groups is 1. The lowest BCUT2D eigenvalue weighted by molar-refractivity contribution is 0.387. The molecule has 0 unspecified atom stereocenters. The van der Waals surface area contributed by atoms with Crippen molar-refractivity contribution in [3.05, 3.63) is 47.4 Å². The highest BCUT2D eigenvalue weighted by Crippen LogP contribution is 2.06. The molecule has 0 amide bonds. The lowest BCUT2D eigenvalue weighted by atomic mass is 10.2. The fourth-order valence-corrected chi connectivity index (χ4v) is 1.96. The molecule has 7 heteroatoms. The first-order valence-electron chi connectivity index (χ1n) is 7.11. The number of aliphatic imine (C=N–C) groups is 1. The zero-order valence-corrected chi connectivity index (χ0v) is 13.0. The SMILES string of the molecule is CCNC(=NCc1noc(C)n1)N(C)Cc1ccc(F)cc1. The third-order valence-corrected chi connectivity index (χ3v) is 2.97. The van der Waals surface area contributed by atoms with Gasteiger partial charge in [0.1, 0.15) is 12.4 Å². The molecule has 0 aliphatic carbocycles. The quantitative estimate of drug-likeness (QED) is 0.677. The van der Waals surface area contributed by atoms with Gasteiger partial charge in [0.25, 0.3) is 0 Å². The topological polar surface area (TPSA) is 66.5 Å². The smallest absolute Gasteiger partial charge is 0.223 e. The van der Waals surface area contributed by atoms with Crippen LogP contribution in [-0.4, -0.2) is 34.6 Å². The summed E-state index contributed by atoms with van der Waals surface area (Å²) in [5.41, 5.74) is 1.00. The number of rotatable bonds is 5. The zero-order chi connectivity index (χ0) is 15.9. The highest BCUT2D eigenvalue weighted by Gasteiger charge is 2.08. The van der Waals surface area contributed by atoms with E-state index in [1.807, 2.05) is 18.9 Å². The largest absolute Gasteiger partial charge is 0.357 e. The zero-order valence-electron chi connectivity index (χ0n) is 13.0. The van der Waals surface area contributed by atoms with Crippen molar-refractivity contribution < 1.29 is 8.91 Å². The Morgan fingerprint density at radius 3 is 2.68 bits per heavy atom. The Morgan fingerprint density at radius 1 is 1.36 bits per heavy atom. The van der Waals surface area contributed by atoms with Crippen LogP contribution in [0.5, 0.6) is 0 Å². The van der Waals surface area contributed by atoms with Crippen LogP contribution in [0.2, 0.25) is 0 Å². The van der Waals surface area contributed by atoms with Crippen LogP contribution in [0.1, 0.15) is 24.2 Å². The average Bonchev–Trinajstić information content (AvgIpc) is 2.91. The van der Waals surface area contributed by atoms with Crippen LogP contribution in [0.15, 0.2) is 33.8 Å². The molecule has 2 aromatic rings. The first kappa shape index (κ1) is 15.9. The van der Waals surface area contributed by atoms with Crippen molar-refractivity contribution in [2.24, 2.45) is 4.99 Å². The van der Waals surface area contributed by atoms with Gasteiger partial charge in [0.05, 0.1) is 0 Å². The Kier molecular flexibility index (Phi) is 5.46. The van der Waals surface area contributed by atoms with Crippen molar-refractivity contribution >= 4 is 5.96 Å². The van der Waals surface area contributed by atoms with E-state index in [0.29, 0.717) is 24.8 Å². The van der Waals surface area contributed by atoms with Gasteiger partial charge in [0.15, 0.2) is 11.8 Å². The van der Waals surface area contributed by atoms with E-state index in [9.17, 15) is 4.39 Å². The third kappa shape index (κ3) is 4.54. The molecule has 118 valence electrons. The molecule has 22 heavy (non-hydrogen) atoms. The minimum Gasteiger partial charge on any atom is -0.357 e. The summed E-state index contributed by atoms with van der Waals surface area (Å²) in [5, 5.41) is 7.03. The van der Waals surface area contributed by atoms with Crippen LogP contribution in [0.25, 0.3) is 0 Å². The number of nitrogens with zero attached hydrogens (tertiary/aromatic N) is 4. The molecule has 0 atom stereocenters. The van der Waals surface area contributed by atoms with Gasteiger partial charge in [-0.15, -0.1) is 0 Å². The predicted octanol–water partition coefficient (Wildman–Crippen LogP) is 2.11. The Labute approximate surface area is 129 Å². The van der Waals surface area contributed by atoms with Crippen molar-refractivity contribution in [3.63, 3.8) is 0 Å². The first-order chi connectivity index (χ1) is 10.6. The first-order valence-corrected chi connectivity index (χ1v) is 7.11. The molecule has 0 spiro atoms. The van der Waals surface area contributed by atoms with Gasteiger partial charge >= 0.3 is 0 Å². The number of aromatic nitrogens is 2. The fourth-order valence-electron chi connectivity index (χ4n) is 1.96. The number of aryl methyl sites for hydroxylation is 1. The number of hydrogen-bond acceptors (Lipinski definition) is 4. The molecule has 6 nitrogen and oxygen atoms in total. The van der Waals surface area contributed by atoms with Gasteiger partial charge in [0.2, 0.25) is 5.89 Å². The van der Waals surface area contributed by atoms with Gasteiger partial charge in [-0.05, 0) is 24.6 Å². The summed E-state index contributed by atoms with van der Waals surface area (Å²) in [6.45, 7) is 5.45. The van der Waals surface area contributed by atoms with Gasteiger partial charge < -0.3 is 14.7 Å². The van der Waals surface area contributed by atoms with Gasteiger partial charge in [0, 0.05) is 27.1 Å². The van der Waals surface area contributed by atoms with Gasteiger partial charge in [-0.1, -0.05) is 17.3 Å². The molecule has 0 fully saturated rings.